The Balaban J connectivity index is 1.72. The molecule has 5 heteroatoms. The molecule has 1 saturated carbocycles. The molecule has 1 aliphatic heterocycles. The Labute approximate surface area is 123 Å². The van der Waals surface area contributed by atoms with Crippen LogP contribution in [0.1, 0.15) is 38.5 Å². The number of hydrogen-bond acceptors (Lipinski definition) is 2. The van der Waals surface area contributed by atoms with Crippen LogP contribution in [0.4, 0.5) is 18.9 Å². The molecule has 1 aliphatic carbocycles. The Hall–Kier alpha value is -1.23. The topological polar surface area (TPSA) is 24.1 Å². The summed E-state index contributed by atoms with van der Waals surface area (Å²) in [7, 11) is 0. The lowest BCUT2D eigenvalue weighted by molar-refractivity contribution is 0.286. The van der Waals surface area contributed by atoms with Crippen molar-refractivity contribution in [1.29, 1.82) is 0 Å². The average molecular weight is 298 g/mol. The van der Waals surface area contributed by atoms with Gasteiger partial charge in [-0.3, -0.25) is 0 Å². The van der Waals surface area contributed by atoms with Crippen molar-refractivity contribution in [2.75, 3.05) is 11.9 Å². The second kappa shape index (κ2) is 6.26. The number of piperidine rings is 1. The first kappa shape index (κ1) is 14.7. The van der Waals surface area contributed by atoms with Gasteiger partial charge in [-0.15, -0.1) is 0 Å². The van der Waals surface area contributed by atoms with Crippen LogP contribution in [-0.4, -0.2) is 18.6 Å². The molecule has 116 valence electrons. The second-order valence-electron chi connectivity index (χ2n) is 6.12. The third-order valence-electron chi connectivity index (χ3n) is 4.81. The minimum atomic E-state index is -1.40. The normalized spacial score (nSPS) is 29.6. The van der Waals surface area contributed by atoms with Crippen LogP contribution in [0.2, 0.25) is 0 Å². The number of nitrogens with one attached hydrogen (secondary N) is 2. The van der Waals surface area contributed by atoms with Gasteiger partial charge < -0.3 is 10.6 Å². The quantitative estimate of drug-likeness (QED) is 0.829. The smallest absolute Gasteiger partial charge is 0.196 e. The Morgan fingerprint density at radius 2 is 1.81 bits per heavy atom. The van der Waals surface area contributed by atoms with E-state index in [0.29, 0.717) is 12.0 Å². The zero-order valence-corrected chi connectivity index (χ0v) is 12.0. The van der Waals surface area contributed by atoms with Gasteiger partial charge in [0.05, 0.1) is 5.69 Å². The predicted octanol–water partition coefficient (Wildman–Crippen LogP) is 3.83. The lowest BCUT2D eigenvalue weighted by Crippen LogP contribution is -2.44. The largest absolute Gasteiger partial charge is 0.380 e. The zero-order chi connectivity index (χ0) is 14.8. The van der Waals surface area contributed by atoms with Gasteiger partial charge in [-0.25, -0.2) is 13.2 Å². The fourth-order valence-electron chi connectivity index (χ4n) is 3.73. The van der Waals surface area contributed by atoms with Gasteiger partial charge in [0, 0.05) is 12.1 Å². The molecular weight excluding hydrogens is 277 g/mol. The van der Waals surface area contributed by atoms with Gasteiger partial charge in [0.2, 0.25) is 0 Å². The van der Waals surface area contributed by atoms with E-state index in [1.165, 1.54) is 18.9 Å². The van der Waals surface area contributed by atoms with Gasteiger partial charge in [0.15, 0.2) is 17.5 Å². The molecule has 0 bridgehead atoms. The van der Waals surface area contributed by atoms with Crippen molar-refractivity contribution in [3.63, 3.8) is 0 Å². The van der Waals surface area contributed by atoms with Crippen LogP contribution in [-0.2, 0) is 0 Å². The second-order valence-corrected chi connectivity index (χ2v) is 6.12. The van der Waals surface area contributed by atoms with E-state index in [4.69, 9.17) is 0 Å². The number of rotatable bonds is 3. The van der Waals surface area contributed by atoms with Crippen molar-refractivity contribution in [3.8, 4) is 0 Å². The standard InChI is InChI=1S/C16H21F3N2/c17-11-7-8-14(16(19)15(11)18)21-13-6-3-4-10(13)12-5-1-2-9-20-12/h7-8,10,12-13,20-21H,1-6,9H2. The van der Waals surface area contributed by atoms with E-state index in [2.05, 4.69) is 10.6 Å². The summed E-state index contributed by atoms with van der Waals surface area (Å²) in [5.74, 6) is -3.23. The van der Waals surface area contributed by atoms with E-state index in [1.54, 1.807) is 0 Å². The minimum absolute atomic E-state index is 0.0709. The summed E-state index contributed by atoms with van der Waals surface area (Å²) in [5.41, 5.74) is 0.0709. The van der Waals surface area contributed by atoms with Crippen molar-refractivity contribution in [2.24, 2.45) is 5.92 Å². The van der Waals surface area contributed by atoms with Crippen LogP contribution in [0.5, 0.6) is 0 Å². The first-order valence-corrected chi connectivity index (χ1v) is 7.80. The molecule has 1 aromatic carbocycles. The van der Waals surface area contributed by atoms with Crippen molar-refractivity contribution in [2.45, 2.75) is 50.6 Å². The van der Waals surface area contributed by atoms with Gasteiger partial charge in [-0.05, 0) is 50.3 Å². The van der Waals surface area contributed by atoms with Crippen LogP contribution in [0.25, 0.3) is 0 Å². The van der Waals surface area contributed by atoms with E-state index in [9.17, 15) is 13.2 Å². The van der Waals surface area contributed by atoms with Gasteiger partial charge in [0.1, 0.15) is 0 Å². The molecule has 0 spiro atoms. The molecule has 3 atom stereocenters. The van der Waals surface area contributed by atoms with Crippen LogP contribution in [0.15, 0.2) is 12.1 Å². The summed E-state index contributed by atoms with van der Waals surface area (Å²) < 4.78 is 40.1. The van der Waals surface area contributed by atoms with E-state index in [-0.39, 0.29) is 11.7 Å². The zero-order valence-electron chi connectivity index (χ0n) is 12.0. The monoisotopic (exact) mass is 298 g/mol. The highest BCUT2D eigenvalue weighted by Crippen LogP contribution is 2.34. The van der Waals surface area contributed by atoms with Gasteiger partial charge in [-0.2, -0.15) is 0 Å². The molecule has 1 aromatic rings. The van der Waals surface area contributed by atoms with Gasteiger partial charge >= 0.3 is 0 Å². The SMILES string of the molecule is Fc1ccc(NC2CCCC2C2CCCCN2)c(F)c1F. The maximum Gasteiger partial charge on any atom is 0.196 e. The summed E-state index contributed by atoms with van der Waals surface area (Å²) in [5, 5.41) is 6.65. The molecule has 2 aliphatic rings. The number of anilines is 1. The van der Waals surface area contributed by atoms with E-state index >= 15 is 0 Å². The number of benzene rings is 1. The molecule has 0 aromatic heterocycles. The molecule has 0 amide bonds. The molecule has 3 rings (SSSR count). The van der Waals surface area contributed by atoms with Gasteiger partial charge in [0.25, 0.3) is 0 Å². The molecule has 2 N–H and O–H groups in total. The lowest BCUT2D eigenvalue weighted by atomic mass is 9.88. The average Bonchev–Trinajstić information content (AvgIpc) is 2.97. The summed E-state index contributed by atoms with van der Waals surface area (Å²) in [6, 6.07) is 2.84. The Kier molecular flexibility index (Phi) is 4.38. The lowest BCUT2D eigenvalue weighted by Gasteiger charge is -2.33. The molecule has 21 heavy (non-hydrogen) atoms. The Bertz CT molecular complexity index is 501. The van der Waals surface area contributed by atoms with Crippen LogP contribution >= 0.6 is 0 Å². The first-order chi connectivity index (χ1) is 10.2. The summed E-state index contributed by atoms with van der Waals surface area (Å²) >= 11 is 0. The van der Waals surface area contributed by atoms with E-state index < -0.39 is 17.5 Å². The van der Waals surface area contributed by atoms with E-state index in [0.717, 1.165) is 38.3 Å². The fourth-order valence-corrected chi connectivity index (χ4v) is 3.73. The Morgan fingerprint density at radius 3 is 2.57 bits per heavy atom. The Morgan fingerprint density at radius 1 is 0.952 bits per heavy atom. The highest BCUT2D eigenvalue weighted by atomic mass is 19.2. The number of halogens is 3. The molecule has 0 radical (unpaired) electrons. The highest BCUT2D eigenvalue weighted by Gasteiger charge is 2.34. The third-order valence-corrected chi connectivity index (χ3v) is 4.81. The number of hydrogen-bond donors (Lipinski definition) is 2. The van der Waals surface area contributed by atoms with Crippen molar-refractivity contribution in [1.82, 2.24) is 5.32 Å². The van der Waals surface area contributed by atoms with Crippen molar-refractivity contribution in [3.05, 3.63) is 29.6 Å². The summed E-state index contributed by atoms with van der Waals surface area (Å²) in [6.07, 6.45) is 6.70. The third kappa shape index (κ3) is 3.03. The fraction of sp³-hybridized carbons (Fsp3) is 0.625. The molecule has 1 heterocycles. The highest BCUT2D eigenvalue weighted by molar-refractivity contribution is 5.46. The van der Waals surface area contributed by atoms with Gasteiger partial charge in [-0.1, -0.05) is 12.8 Å². The predicted molar refractivity (Wildman–Crippen MR) is 76.7 cm³/mol. The van der Waals surface area contributed by atoms with E-state index in [1.807, 2.05) is 0 Å². The van der Waals surface area contributed by atoms with Crippen LogP contribution < -0.4 is 10.6 Å². The molecule has 3 unspecified atom stereocenters. The van der Waals surface area contributed by atoms with Crippen molar-refractivity contribution >= 4 is 5.69 Å². The summed E-state index contributed by atoms with van der Waals surface area (Å²) in [4.78, 5) is 0. The van der Waals surface area contributed by atoms with Crippen LogP contribution in [0.3, 0.4) is 0 Å². The molecule has 1 saturated heterocycles. The molecule has 2 fully saturated rings. The summed E-state index contributed by atoms with van der Waals surface area (Å²) in [6.45, 7) is 1.04. The minimum Gasteiger partial charge on any atom is -0.380 e. The first-order valence-electron chi connectivity index (χ1n) is 7.80. The van der Waals surface area contributed by atoms with Crippen LogP contribution in [0, 0.1) is 23.4 Å². The molecule has 2 nitrogen and oxygen atoms in total. The maximum absolute atomic E-state index is 13.8. The maximum atomic E-state index is 13.8. The van der Waals surface area contributed by atoms with Crippen molar-refractivity contribution < 1.29 is 13.2 Å². The molecular formula is C16H21F3N2.